The third-order valence-electron chi connectivity index (χ3n) is 2.86. The van der Waals surface area contributed by atoms with Crippen LogP contribution in [0.2, 0.25) is 0 Å². The number of nitrogens with one attached hydrogen (secondary N) is 1. The fraction of sp³-hybridized carbons (Fsp3) is 0.467. The molecule has 0 aliphatic heterocycles. The highest BCUT2D eigenvalue weighted by molar-refractivity contribution is 7.15. The number of thiazole rings is 1. The molecule has 20 heavy (non-hydrogen) atoms. The summed E-state index contributed by atoms with van der Waals surface area (Å²) in [5.41, 5.74) is 1.20. The van der Waals surface area contributed by atoms with E-state index in [1.54, 1.807) is 17.5 Å². The molecule has 0 fully saturated rings. The van der Waals surface area contributed by atoms with Gasteiger partial charge in [0.15, 0.2) is 5.13 Å². The lowest BCUT2D eigenvalue weighted by molar-refractivity contribution is 0.554. The van der Waals surface area contributed by atoms with Gasteiger partial charge >= 0.3 is 0 Å². The van der Waals surface area contributed by atoms with Crippen LogP contribution in [0.1, 0.15) is 24.3 Å². The number of nitrogens with zero attached hydrogens (tertiary/aromatic N) is 3. The first-order valence-corrected chi connectivity index (χ1v) is 7.72. The number of pyridine rings is 1. The van der Waals surface area contributed by atoms with E-state index in [9.17, 15) is 0 Å². The third kappa shape index (κ3) is 4.58. The molecule has 108 valence electrons. The Morgan fingerprint density at radius 1 is 1.35 bits per heavy atom. The summed E-state index contributed by atoms with van der Waals surface area (Å²) in [5, 5.41) is 4.50. The molecular weight excluding hydrogens is 268 g/mol. The minimum atomic E-state index is 0.677. The van der Waals surface area contributed by atoms with Crippen molar-refractivity contribution in [2.45, 2.75) is 26.9 Å². The smallest absolute Gasteiger partial charge is 0.185 e. The lowest BCUT2D eigenvalue weighted by atomic mass is 10.2. The van der Waals surface area contributed by atoms with E-state index in [4.69, 9.17) is 0 Å². The summed E-state index contributed by atoms with van der Waals surface area (Å²) in [7, 11) is 2.07. The molecule has 0 spiro atoms. The average molecular weight is 290 g/mol. The van der Waals surface area contributed by atoms with Crippen LogP contribution in [0.5, 0.6) is 0 Å². The lowest BCUT2D eigenvalue weighted by Gasteiger charge is -2.15. The van der Waals surface area contributed by atoms with Gasteiger partial charge in [-0.3, -0.25) is 4.98 Å². The van der Waals surface area contributed by atoms with Crippen molar-refractivity contribution in [2.75, 3.05) is 18.5 Å². The number of rotatable bonds is 7. The first kappa shape index (κ1) is 14.9. The molecule has 0 saturated heterocycles. The van der Waals surface area contributed by atoms with Gasteiger partial charge in [-0.2, -0.15) is 0 Å². The summed E-state index contributed by atoms with van der Waals surface area (Å²) < 4.78 is 0. The third-order valence-corrected chi connectivity index (χ3v) is 3.97. The summed E-state index contributed by atoms with van der Waals surface area (Å²) in [6.45, 7) is 7.20. The molecule has 2 aromatic rings. The van der Waals surface area contributed by atoms with E-state index < -0.39 is 0 Å². The van der Waals surface area contributed by atoms with E-state index >= 15 is 0 Å². The molecule has 0 aromatic carbocycles. The molecule has 1 N–H and O–H groups in total. The van der Waals surface area contributed by atoms with Crippen molar-refractivity contribution in [3.8, 4) is 0 Å². The van der Waals surface area contributed by atoms with Gasteiger partial charge in [-0.1, -0.05) is 19.9 Å². The second kappa shape index (κ2) is 7.36. The molecule has 5 heteroatoms. The fourth-order valence-corrected chi connectivity index (χ4v) is 2.71. The van der Waals surface area contributed by atoms with Crippen LogP contribution in [0, 0.1) is 5.92 Å². The van der Waals surface area contributed by atoms with Crippen LogP contribution in [0.15, 0.2) is 30.7 Å². The summed E-state index contributed by atoms with van der Waals surface area (Å²) >= 11 is 1.74. The van der Waals surface area contributed by atoms with Crippen LogP contribution in [0.3, 0.4) is 0 Å². The van der Waals surface area contributed by atoms with Gasteiger partial charge in [0, 0.05) is 43.6 Å². The number of aromatic nitrogens is 2. The summed E-state index contributed by atoms with van der Waals surface area (Å²) in [4.78, 5) is 12.1. The van der Waals surface area contributed by atoms with Crippen molar-refractivity contribution in [3.05, 3.63) is 41.2 Å². The van der Waals surface area contributed by atoms with Gasteiger partial charge in [0.1, 0.15) is 0 Å². The maximum atomic E-state index is 4.49. The van der Waals surface area contributed by atoms with E-state index in [1.165, 1.54) is 10.4 Å². The number of hydrogen-bond acceptors (Lipinski definition) is 5. The van der Waals surface area contributed by atoms with Crippen LogP contribution in [-0.2, 0) is 13.1 Å². The minimum Gasteiger partial charge on any atom is -0.347 e. The molecule has 0 radical (unpaired) electrons. The van der Waals surface area contributed by atoms with Crippen LogP contribution >= 0.6 is 11.3 Å². The Balaban J connectivity index is 1.88. The van der Waals surface area contributed by atoms with Gasteiger partial charge in [0.05, 0.1) is 0 Å². The monoisotopic (exact) mass is 290 g/mol. The summed E-state index contributed by atoms with van der Waals surface area (Å²) in [5.74, 6) is 0.677. The minimum absolute atomic E-state index is 0.677. The Morgan fingerprint density at radius 3 is 2.90 bits per heavy atom. The molecule has 0 bridgehead atoms. The quantitative estimate of drug-likeness (QED) is 0.851. The summed E-state index contributed by atoms with van der Waals surface area (Å²) in [6, 6.07) is 4.05. The Bertz CT molecular complexity index is 510. The van der Waals surface area contributed by atoms with Gasteiger partial charge in [0.25, 0.3) is 0 Å². The molecule has 2 aromatic heterocycles. The van der Waals surface area contributed by atoms with Crippen molar-refractivity contribution < 1.29 is 0 Å². The standard InChI is InChI=1S/C15H22N4S/c1-12(2)7-17-9-14-10-18-15(20-14)19(3)11-13-5-4-6-16-8-13/h4-6,8,10,12,17H,7,9,11H2,1-3H3. The predicted molar refractivity (Wildman–Crippen MR) is 85.0 cm³/mol. The molecule has 0 aliphatic carbocycles. The van der Waals surface area contributed by atoms with Crippen molar-refractivity contribution >= 4 is 16.5 Å². The van der Waals surface area contributed by atoms with Gasteiger partial charge in [-0.25, -0.2) is 4.98 Å². The molecule has 0 amide bonds. The van der Waals surface area contributed by atoms with Crippen molar-refractivity contribution in [2.24, 2.45) is 5.92 Å². The number of hydrogen-bond donors (Lipinski definition) is 1. The normalized spacial score (nSPS) is 11.0. The molecule has 0 saturated carbocycles. The highest BCUT2D eigenvalue weighted by Gasteiger charge is 2.07. The average Bonchev–Trinajstić information content (AvgIpc) is 2.88. The Labute approximate surface area is 124 Å². The summed E-state index contributed by atoms with van der Waals surface area (Å²) in [6.07, 6.45) is 5.66. The SMILES string of the molecule is CC(C)CNCc1cnc(N(C)Cc2cccnc2)s1. The maximum Gasteiger partial charge on any atom is 0.185 e. The molecule has 2 rings (SSSR count). The molecule has 0 atom stereocenters. The second-order valence-electron chi connectivity index (χ2n) is 5.35. The molecular formula is C15H22N4S. The Hall–Kier alpha value is -1.46. The van der Waals surface area contributed by atoms with E-state index in [1.807, 2.05) is 18.5 Å². The first-order chi connectivity index (χ1) is 9.65. The predicted octanol–water partition coefficient (Wildman–Crippen LogP) is 2.92. The van der Waals surface area contributed by atoms with Crippen molar-refractivity contribution in [3.63, 3.8) is 0 Å². The van der Waals surface area contributed by atoms with Gasteiger partial charge in [0.2, 0.25) is 0 Å². The molecule has 0 aliphatic rings. The number of anilines is 1. The topological polar surface area (TPSA) is 41.1 Å². The van der Waals surface area contributed by atoms with E-state index in [0.29, 0.717) is 5.92 Å². The van der Waals surface area contributed by atoms with Crippen LogP contribution in [-0.4, -0.2) is 23.6 Å². The molecule has 2 heterocycles. The maximum absolute atomic E-state index is 4.49. The fourth-order valence-electron chi connectivity index (χ4n) is 1.87. The molecule has 4 nitrogen and oxygen atoms in total. The zero-order valence-corrected chi connectivity index (χ0v) is 13.2. The second-order valence-corrected chi connectivity index (χ2v) is 6.44. The van der Waals surface area contributed by atoms with Crippen LogP contribution in [0.4, 0.5) is 5.13 Å². The first-order valence-electron chi connectivity index (χ1n) is 6.90. The van der Waals surface area contributed by atoms with Gasteiger partial charge < -0.3 is 10.2 Å². The lowest BCUT2D eigenvalue weighted by Crippen LogP contribution is -2.18. The van der Waals surface area contributed by atoms with Crippen LogP contribution in [0.25, 0.3) is 0 Å². The van der Waals surface area contributed by atoms with Gasteiger partial charge in [-0.15, -0.1) is 11.3 Å². The van der Waals surface area contributed by atoms with E-state index in [2.05, 4.69) is 47.1 Å². The highest BCUT2D eigenvalue weighted by atomic mass is 32.1. The van der Waals surface area contributed by atoms with Crippen LogP contribution < -0.4 is 10.2 Å². The van der Waals surface area contributed by atoms with Gasteiger partial charge in [-0.05, 0) is 24.1 Å². The zero-order valence-electron chi connectivity index (χ0n) is 12.3. The Morgan fingerprint density at radius 2 is 2.20 bits per heavy atom. The largest absolute Gasteiger partial charge is 0.347 e. The zero-order chi connectivity index (χ0) is 14.4. The van der Waals surface area contributed by atoms with E-state index in [-0.39, 0.29) is 0 Å². The Kier molecular flexibility index (Phi) is 5.49. The van der Waals surface area contributed by atoms with Crippen molar-refractivity contribution in [1.82, 2.24) is 15.3 Å². The van der Waals surface area contributed by atoms with Crippen molar-refractivity contribution in [1.29, 1.82) is 0 Å². The highest BCUT2D eigenvalue weighted by Crippen LogP contribution is 2.22. The van der Waals surface area contributed by atoms with E-state index in [0.717, 1.165) is 24.8 Å². The molecule has 0 unspecified atom stereocenters.